The number of nitrogens with zero attached hydrogens (tertiary/aromatic N) is 2. The second-order valence-electron chi connectivity index (χ2n) is 6.10. The fourth-order valence-electron chi connectivity index (χ4n) is 2.62. The number of rotatable bonds is 2. The van der Waals surface area contributed by atoms with Gasteiger partial charge in [-0.1, -0.05) is 13.8 Å². The number of hydrogen-bond donors (Lipinski definition) is 1. The van der Waals surface area contributed by atoms with Crippen molar-refractivity contribution >= 4 is 11.3 Å². The fourth-order valence-corrected chi connectivity index (χ4v) is 3.62. The Bertz CT molecular complexity index is 482. The number of aryl methyl sites for hydroxylation is 1. The summed E-state index contributed by atoms with van der Waals surface area (Å²) in [7, 11) is 0. The zero-order valence-corrected chi connectivity index (χ0v) is 12.7. The number of hydrogen-bond acceptors (Lipinski definition) is 4. The minimum atomic E-state index is -4.37. The van der Waals surface area contributed by atoms with Gasteiger partial charge in [0.05, 0.1) is 9.88 Å². The molecular weight excluding hydrogens is 287 g/mol. The van der Waals surface area contributed by atoms with Crippen molar-refractivity contribution in [3.63, 3.8) is 0 Å². The SMILES string of the molecule is Cc1nc(C(F)(F)F)c(CN2CCC(N)C(C)(C)C2)s1. The lowest BCUT2D eigenvalue weighted by atomic mass is 9.80. The van der Waals surface area contributed by atoms with Crippen LogP contribution in [-0.2, 0) is 12.7 Å². The van der Waals surface area contributed by atoms with Gasteiger partial charge < -0.3 is 5.73 Å². The van der Waals surface area contributed by atoms with Crippen LogP contribution in [0.4, 0.5) is 13.2 Å². The number of alkyl halides is 3. The predicted octanol–water partition coefficient (Wildman–Crippen LogP) is 3.03. The molecule has 1 saturated heterocycles. The Morgan fingerprint density at radius 2 is 2.10 bits per heavy atom. The molecule has 1 unspecified atom stereocenters. The molecule has 2 rings (SSSR count). The van der Waals surface area contributed by atoms with Crippen molar-refractivity contribution in [1.82, 2.24) is 9.88 Å². The lowest BCUT2D eigenvalue weighted by Gasteiger charge is -2.42. The van der Waals surface area contributed by atoms with Gasteiger partial charge in [-0.05, 0) is 18.8 Å². The molecule has 0 bridgehead atoms. The van der Waals surface area contributed by atoms with Gasteiger partial charge in [-0.25, -0.2) is 4.98 Å². The Morgan fingerprint density at radius 1 is 1.45 bits per heavy atom. The second-order valence-corrected chi connectivity index (χ2v) is 7.38. The van der Waals surface area contributed by atoms with Crippen molar-refractivity contribution in [2.45, 2.75) is 46.0 Å². The smallest absolute Gasteiger partial charge is 0.327 e. The van der Waals surface area contributed by atoms with Crippen LogP contribution in [0.2, 0.25) is 0 Å². The highest BCUT2D eigenvalue weighted by Crippen LogP contribution is 2.36. The molecule has 1 aromatic rings. The zero-order chi connectivity index (χ0) is 15.1. The van der Waals surface area contributed by atoms with E-state index in [0.717, 1.165) is 24.3 Å². The highest BCUT2D eigenvalue weighted by atomic mass is 32.1. The Kier molecular flexibility index (Phi) is 4.15. The minimum Gasteiger partial charge on any atom is -0.327 e. The van der Waals surface area contributed by atoms with Crippen LogP contribution in [0.15, 0.2) is 0 Å². The van der Waals surface area contributed by atoms with E-state index in [4.69, 9.17) is 5.73 Å². The maximum absolute atomic E-state index is 12.9. The highest BCUT2D eigenvalue weighted by Gasteiger charge is 2.39. The van der Waals surface area contributed by atoms with Crippen molar-refractivity contribution in [3.05, 3.63) is 15.6 Å². The molecule has 1 aliphatic heterocycles. The van der Waals surface area contributed by atoms with Gasteiger partial charge in [0.25, 0.3) is 0 Å². The molecule has 0 aliphatic carbocycles. The van der Waals surface area contributed by atoms with E-state index in [0.29, 0.717) is 23.0 Å². The molecule has 1 atom stereocenters. The molecule has 3 nitrogen and oxygen atoms in total. The van der Waals surface area contributed by atoms with E-state index in [-0.39, 0.29) is 11.5 Å². The Hall–Kier alpha value is -0.660. The van der Waals surface area contributed by atoms with Gasteiger partial charge in [0, 0.05) is 25.7 Å². The van der Waals surface area contributed by atoms with Gasteiger partial charge in [0.1, 0.15) is 0 Å². The minimum absolute atomic E-state index is 0.0730. The van der Waals surface area contributed by atoms with Gasteiger partial charge in [-0.2, -0.15) is 13.2 Å². The number of nitrogens with two attached hydrogens (primary N) is 1. The molecule has 114 valence electrons. The summed E-state index contributed by atoms with van der Waals surface area (Å²) in [4.78, 5) is 5.99. The van der Waals surface area contributed by atoms with E-state index < -0.39 is 11.9 Å². The van der Waals surface area contributed by atoms with Crippen LogP contribution in [0.5, 0.6) is 0 Å². The lowest BCUT2D eigenvalue weighted by Crippen LogP contribution is -2.52. The van der Waals surface area contributed by atoms with Crippen LogP contribution in [0, 0.1) is 12.3 Å². The molecule has 0 spiro atoms. The van der Waals surface area contributed by atoms with E-state index >= 15 is 0 Å². The number of thiazole rings is 1. The van der Waals surface area contributed by atoms with Gasteiger partial charge in [0.2, 0.25) is 0 Å². The first-order valence-corrected chi connectivity index (χ1v) is 7.42. The predicted molar refractivity (Wildman–Crippen MR) is 73.5 cm³/mol. The second kappa shape index (κ2) is 5.27. The van der Waals surface area contributed by atoms with Crippen LogP contribution < -0.4 is 5.73 Å². The van der Waals surface area contributed by atoms with Crippen molar-refractivity contribution in [2.75, 3.05) is 13.1 Å². The molecule has 0 radical (unpaired) electrons. The Balaban J connectivity index is 2.15. The van der Waals surface area contributed by atoms with E-state index in [1.54, 1.807) is 6.92 Å². The summed E-state index contributed by atoms with van der Waals surface area (Å²) in [5, 5.41) is 0.459. The quantitative estimate of drug-likeness (QED) is 0.913. The van der Waals surface area contributed by atoms with Gasteiger partial charge in [-0.3, -0.25) is 4.90 Å². The van der Waals surface area contributed by atoms with Crippen LogP contribution in [-0.4, -0.2) is 29.0 Å². The van der Waals surface area contributed by atoms with Gasteiger partial charge >= 0.3 is 6.18 Å². The number of piperidine rings is 1. The first-order valence-electron chi connectivity index (χ1n) is 6.61. The molecule has 1 aliphatic rings. The van der Waals surface area contributed by atoms with Crippen molar-refractivity contribution in [1.29, 1.82) is 0 Å². The monoisotopic (exact) mass is 307 g/mol. The van der Waals surface area contributed by atoms with Crippen molar-refractivity contribution in [3.8, 4) is 0 Å². The highest BCUT2D eigenvalue weighted by molar-refractivity contribution is 7.11. The summed E-state index contributed by atoms with van der Waals surface area (Å²) in [6, 6.07) is 0.101. The number of halogens is 3. The molecule has 20 heavy (non-hydrogen) atoms. The van der Waals surface area contributed by atoms with Crippen molar-refractivity contribution in [2.24, 2.45) is 11.1 Å². The third-order valence-corrected chi connectivity index (χ3v) is 4.79. The maximum Gasteiger partial charge on any atom is 0.434 e. The molecule has 0 aromatic carbocycles. The van der Waals surface area contributed by atoms with E-state index in [9.17, 15) is 13.2 Å². The third-order valence-electron chi connectivity index (χ3n) is 3.83. The average Bonchev–Trinajstić information content (AvgIpc) is 2.64. The fraction of sp³-hybridized carbons (Fsp3) is 0.769. The summed E-state index contributed by atoms with van der Waals surface area (Å²) in [6.45, 7) is 7.48. The summed E-state index contributed by atoms with van der Waals surface area (Å²) < 4.78 is 38.8. The standard InChI is InChI=1S/C13H20F3N3S/c1-8-18-11(13(14,15)16)9(20-8)6-19-5-4-10(17)12(2,3)7-19/h10H,4-7,17H2,1-3H3. The Labute approximate surface area is 121 Å². The topological polar surface area (TPSA) is 42.2 Å². The zero-order valence-electron chi connectivity index (χ0n) is 11.9. The maximum atomic E-state index is 12.9. The molecule has 7 heteroatoms. The lowest BCUT2D eigenvalue weighted by molar-refractivity contribution is -0.141. The molecule has 1 fully saturated rings. The van der Waals surface area contributed by atoms with E-state index in [2.05, 4.69) is 18.8 Å². The number of aromatic nitrogens is 1. The average molecular weight is 307 g/mol. The molecule has 1 aromatic heterocycles. The molecule has 0 saturated carbocycles. The van der Waals surface area contributed by atoms with Crippen LogP contribution >= 0.6 is 11.3 Å². The van der Waals surface area contributed by atoms with Crippen LogP contribution in [0.1, 0.15) is 35.8 Å². The van der Waals surface area contributed by atoms with E-state index in [1.165, 1.54) is 0 Å². The molecular formula is C13H20F3N3S. The van der Waals surface area contributed by atoms with Gasteiger partial charge in [-0.15, -0.1) is 11.3 Å². The summed E-state index contributed by atoms with van der Waals surface area (Å²) >= 11 is 1.13. The van der Waals surface area contributed by atoms with Crippen molar-refractivity contribution < 1.29 is 13.2 Å². The molecule has 2 heterocycles. The third kappa shape index (κ3) is 3.32. The first kappa shape index (κ1) is 15.7. The Morgan fingerprint density at radius 3 is 2.65 bits per heavy atom. The van der Waals surface area contributed by atoms with Crippen LogP contribution in [0.3, 0.4) is 0 Å². The summed E-state index contributed by atoms with van der Waals surface area (Å²) in [6.07, 6.45) is -3.56. The van der Waals surface area contributed by atoms with Gasteiger partial charge in [0.15, 0.2) is 5.69 Å². The normalized spacial score (nSPS) is 24.1. The molecule has 2 N–H and O–H groups in total. The van der Waals surface area contributed by atoms with E-state index in [1.807, 2.05) is 4.90 Å². The first-order chi connectivity index (χ1) is 9.09. The van der Waals surface area contributed by atoms with Crippen LogP contribution in [0.25, 0.3) is 0 Å². The molecule has 0 amide bonds. The number of likely N-dealkylation sites (tertiary alicyclic amines) is 1. The summed E-state index contributed by atoms with van der Waals surface area (Å²) in [5.74, 6) is 0. The summed E-state index contributed by atoms with van der Waals surface area (Å²) in [5.41, 5.74) is 5.25. The largest absolute Gasteiger partial charge is 0.434 e.